The van der Waals surface area contributed by atoms with Crippen LogP contribution in [0.5, 0.6) is 5.75 Å². The van der Waals surface area contributed by atoms with Crippen LogP contribution in [0.25, 0.3) is 6.08 Å². The minimum Gasteiger partial charge on any atom is -0.489 e. The van der Waals surface area contributed by atoms with Gasteiger partial charge in [-0.3, -0.25) is 15.1 Å². The molecule has 1 amide bonds. The van der Waals surface area contributed by atoms with Crippen molar-refractivity contribution in [3.8, 4) is 5.75 Å². The van der Waals surface area contributed by atoms with Gasteiger partial charge in [-0.2, -0.15) is 0 Å². The number of esters is 1. The van der Waals surface area contributed by atoms with Crippen molar-refractivity contribution in [3.63, 3.8) is 0 Å². The third kappa shape index (κ3) is 5.18. The molecule has 1 aliphatic heterocycles. The van der Waals surface area contributed by atoms with Crippen LogP contribution in [0.15, 0.2) is 77.7 Å². The van der Waals surface area contributed by atoms with Crippen LogP contribution in [0.3, 0.4) is 0 Å². The number of hydrogen-bond donors (Lipinski definition) is 1. The molecule has 1 fully saturated rings. The molecule has 1 N–H and O–H groups in total. The van der Waals surface area contributed by atoms with Gasteiger partial charge in [0.05, 0.1) is 22.8 Å². The molecular weight excluding hydrogens is 455 g/mol. The Morgan fingerprint density at radius 3 is 2.44 bits per heavy atom. The number of amidine groups is 1. The standard InChI is InChI=1S/C26H21FN2O4S/c1-2-32-25(31)18-9-11-20(12-10-18)29-24(30)23(34-26(29)28)15-17-7-13-21(14-8-17)33-16-19-5-3-4-6-22(19)27/h3-15,28H,2,16H2,1H3/b23-15-,28-26?. The van der Waals surface area contributed by atoms with Crippen LogP contribution < -0.4 is 9.64 Å². The summed E-state index contributed by atoms with van der Waals surface area (Å²) in [4.78, 5) is 26.5. The molecule has 0 unspecified atom stereocenters. The molecule has 0 radical (unpaired) electrons. The Bertz CT molecular complexity index is 1260. The molecule has 1 saturated heterocycles. The average molecular weight is 477 g/mol. The van der Waals surface area contributed by atoms with Gasteiger partial charge in [0, 0.05) is 5.56 Å². The van der Waals surface area contributed by atoms with Crippen molar-refractivity contribution in [2.45, 2.75) is 13.5 Å². The van der Waals surface area contributed by atoms with E-state index in [4.69, 9.17) is 14.9 Å². The van der Waals surface area contributed by atoms with E-state index in [2.05, 4.69) is 0 Å². The summed E-state index contributed by atoms with van der Waals surface area (Å²) in [5.41, 5.74) is 2.11. The molecule has 0 atom stereocenters. The quantitative estimate of drug-likeness (QED) is 0.353. The molecule has 1 aliphatic rings. The van der Waals surface area contributed by atoms with Crippen LogP contribution >= 0.6 is 11.8 Å². The number of carbonyl (C=O) groups is 2. The number of benzene rings is 3. The SMILES string of the molecule is CCOC(=O)c1ccc(N2C(=N)S/C(=C\c3ccc(OCc4ccccc4F)cc3)C2=O)cc1. The number of nitrogens with zero attached hydrogens (tertiary/aromatic N) is 1. The van der Waals surface area contributed by atoms with E-state index >= 15 is 0 Å². The van der Waals surface area contributed by atoms with Gasteiger partial charge in [-0.1, -0.05) is 30.3 Å². The Balaban J connectivity index is 1.43. The zero-order chi connectivity index (χ0) is 24.1. The minimum absolute atomic E-state index is 0.0741. The van der Waals surface area contributed by atoms with E-state index in [0.29, 0.717) is 27.5 Å². The van der Waals surface area contributed by atoms with Gasteiger partial charge >= 0.3 is 5.97 Å². The maximum absolute atomic E-state index is 13.7. The van der Waals surface area contributed by atoms with Crippen molar-refractivity contribution in [2.75, 3.05) is 11.5 Å². The van der Waals surface area contributed by atoms with Crippen molar-refractivity contribution in [3.05, 3.63) is 100 Å². The second-order valence-electron chi connectivity index (χ2n) is 7.27. The highest BCUT2D eigenvalue weighted by atomic mass is 32.2. The molecule has 0 bridgehead atoms. The normalized spacial score (nSPS) is 14.5. The van der Waals surface area contributed by atoms with Gasteiger partial charge in [-0.05, 0) is 72.8 Å². The van der Waals surface area contributed by atoms with Crippen molar-refractivity contribution in [1.82, 2.24) is 0 Å². The topological polar surface area (TPSA) is 79.7 Å². The summed E-state index contributed by atoms with van der Waals surface area (Å²) in [6, 6.07) is 19.9. The number of rotatable bonds is 7. The van der Waals surface area contributed by atoms with E-state index < -0.39 is 5.97 Å². The van der Waals surface area contributed by atoms with Gasteiger partial charge in [0.15, 0.2) is 5.17 Å². The van der Waals surface area contributed by atoms with Crippen LogP contribution in [0, 0.1) is 11.2 Å². The van der Waals surface area contributed by atoms with Crippen LogP contribution in [0.1, 0.15) is 28.4 Å². The number of halogens is 1. The van der Waals surface area contributed by atoms with E-state index in [9.17, 15) is 14.0 Å². The van der Waals surface area contributed by atoms with Crippen molar-refractivity contribution < 1.29 is 23.5 Å². The molecule has 1 heterocycles. The molecule has 8 heteroatoms. The van der Waals surface area contributed by atoms with Gasteiger partial charge < -0.3 is 9.47 Å². The number of hydrogen-bond acceptors (Lipinski definition) is 6. The van der Waals surface area contributed by atoms with Gasteiger partial charge in [-0.25, -0.2) is 9.18 Å². The Labute approximate surface area is 200 Å². The first kappa shape index (κ1) is 23.3. The summed E-state index contributed by atoms with van der Waals surface area (Å²) in [7, 11) is 0. The fraction of sp³-hybridized carbons (Fsp3) is 0.115. The van der Waals surface area contributed by atoms with Gasteiger partial charge in [0.25, 0.3) is 5.91 Å². The summed E-state index contributed by atoms with van der Waals surface area (Å²) in [5.74, 6) is -0.498. The van der Waals surface area contributed by atoms with Crippen LogP contribution in [-0.4, -0.2) is 23.7 Å². The lowest BCUT2D eigenvalue weighted by Crippen LogP contribution is -2.28. The summed E-state index contributed by atoms with van der Waals surface area (Å²) in [5, 5.41) is 8.32. The van der Waals surface area contributed by atoms with E-state index in [-0.39, 0.29) is 30.1 Å². The Kier molecular flexibility index (Phi) is 7.08. The molecule has 0 aromatic heterocycles. The molecule has 0 saturated carbocycles. The first-order valence-electron chi connectivity index (χ1n) is 10.5. The van der Waals surface area contributed by atoms with Crippen LogP contribution in [0.4, 0.5) is 10.1 Å². The lowest BCUT2D eigenvalue weighted by molar-refractivity contribution is -0.113. The zero-order valence-corrected chi connectivity index (χ0v) is 19.1. The fourth-order valence-electron chi connectivity index (χ4n) is 3.27. The average Bonchev–Trinajstić information content (AvgIpc) is 3.12. The number of thioether (sulfide) groups is 1. The molecule has 3 aromatic carbocycles. The highest BCUT2D eigenvalue weighted by Gasteiger charge is 2.33. The van der Waals surface area contributed by atoms with Crippen molar-refractivity contribution >= 4 is 40.6 Å². The fourth-order valence-corrected chi connectivity index (χ4v) is 4.13. The van der Waals surface area contributed by atoms with E-state index in [1.54, 1.807) is 79.7 Å². The summed E-state index contributed by atoms with van der Waals surface area (Å²) in [6.07, 6.45) is 1.70. The van der Waals surface area contributed by atoms with E-state index in [1.807, 2.05) is 0 Å². The van der Waals surface area contributed by atoms with E-state index in [1.165, 1.54) is 11.0 Å². The number of anilines is 1. The zero-order valence-electron chi connectivity index (χ0n) is 18.3. The van der Waals surface area contributed by atoms with Gasteiger partial charge in [0.2, 0.25) is 0 Å². The molecule has 3 aromatic rings. The summed E-state index contributed by atoms with van der Waals surface area (Å²) in [6.45, 7) is 2.12. The smallest absolute Gasteiger partial charge is 0.338 e. The molecule has 6 nitrogen and oxygen atoms in total. The maximum Gasteiger partial charge on any atom is 0.338 e. The largest absolute Gasteiger partial charge is 0.489 e. The maximum atomic E-state index is 13.7. The second kappa shape index (κ2) is 10.4. The van der Waals surface area contributed by atoms with Crippen molar-refractivity contribution in [2.24, 2.45) is 0 Å². The highest BCUT2D eigenvalue weighted by Crippen LogP contribution is 2.35. The molecule has 0 spiro atoms. The Morgan fingerprint density at radius 1 is 1.06 bits per heavy atom. The predicted octanol–water partition coefficient (Wildman–Crippen LogP) is 5.64. The molecule has 172 valence electrons. The Morgan fingerprint density at radius 2 is 1.76 bits per heavy atom. The number of ether oxygens (including phenoxy) is 2. The lowest BCUT2D eigenvalue weighted by atomic mass is 10.2. The first-order valence-corrected chi connectivity index (χ1v) is 11.3. The van der Waals surface area contributed by atoms with E-state index in [0.717, 1.165) is 17.3 Å². The lowest BCUT2D eigenvalue weighted by Gasteiger charge is -2.14. The molecule has 4 rings (SSSR count). The van der Waals surface area contributed by atoms with Crippen LogP contribution in [-0.2, 0) is 16.1 Å². The third-order valence-electron chi connectivity index (χ3n) is 4.99. The predicted molar refractivity (Wildman–Crippen MR) is 130 cm³/mol. The second-order valence-corrected chi connectivity index (χ2v) is 8.30. The molecule has 34 heavy (non-hydrogen) atoms. The number of carbonyl (C=O) groups excluding carboxylic acids is 2. The highest BCUT2D eigenvalue weighted by molar-refractivity contribution is 8.19. The van der Waals surface area contributed by atoms with Crippen LogP contribution in [0.2, 0.25) is 0 Å². The number of amides is 1. The monoisotopic (exact) mass is 476 g/mol. The number of nitrogens with one attached hydrogen (secondary N) is 1. The van der Waals surface area contributed by atoms with Gasteiger partial charge in [0.1, 0.15) is 18.2 Å². The Hall–Kier alpha value is -3.91. The summed E-state index contributed by atoms with van der Waals surface area (Å²) >= 11 is 1.06. The van der Waals surface area contributed by atoms with Gasteiger partial charge in [-0.15, -0.1) is 0 Å². The third-order valence-corrected chi connectivity index (χ3v) is 5.88. The minimum atomic E-state index is -0.437. The molecular formula is C26H21FN2O4S. The molecule has 0 aliphatic carbocycles. The first-order chi connectivity index (χ1) is 16.5. The summed E-state index contributed by atoms with van der Waals surface area (Å²) < 4.78 is 24.3. The van der Waals surface area contributed by atoms with Crippen molar-refractivity contribution in [1.29, 1.82) is 5.41 Å².